The van der Waals surface area contributed by atoms with Crippen molar-refractivity contribution in [2.45, 2.75) is 12.7 Å². The number of halogens is 4. The van der Waals surface area contributed by atoms with E-state index in [2.05, 4.69) is 25.6 Å². The van der Waals surface area contributed by atoms with Crippen LogP contribution >= 0.6 is 11.6 Å². The molecule has 152 valence electrons. The molecule has 11 heteroatoms. The minimum Gasteiger partial charge on any atom is -0.497 e. The highest BCUT2D eigenvalue weighted by Gasteiger charge is 2.31. The summed E-state index contributed by atoms with van der Waals surface area (Å²) in [5, 5.41) is 5.59. The molecular formula is C18H16ClF3N6O. The van der Waals surface area contributed by atoms with Crippen LogP contribution in [0.1, 0.15) is 11.1 Å². The molecule has 0 fully saturated rings. The number of nitrogens with two attached hydrogens (primary N) is 1. The van der Waals surface area contributed by atoms with Crippen LogP contribution in [0.3, 0.4) is 0 Å². The molecule has 0 amide bonds. The van der Waals surface area contributed by atoms with Gasteiger partial charge in [0.2, 0.25) is 0 Å². The molecule has 0 radical (unpaired) electrons. The summed E-state index contributed by atoms with van der Waals surface area (Å²) in [6.07, 6.45) is -2.61. The number of alkyl halides is 3. The molecule has 0 bridgehead atoms. The van der Waals surface area contributed by atoms with Gasteiger partial charge in [0, 0.05) is 12.7 Å². The highest BCUT2D eigenvalue weighted by atomic mass is 35.5. The zero-order valence-electron chi connectivity index (χ0n) is 15.1. The lowest BCUT2D eigenvalue weighted by molar-refractivity contribution is -0.137. The molecule has 0 unspecified atom stereocenters. The number of aromatic nitrogens is 3. The summed E-state index contributed by atoms with van der Waals surface area (Å²) in [5.41, 5.74) is 6.25. The largest absolute Gasteiger partial charge is 0.497 e. The molecule has 0 atom stereocenters. The van der Waals surface area contributed by atoms with Gasteiger partial charge in [0.1, 0.15) is 23.6 Å². The first-order valence-electron chi connectivity index (χ1n) is 8.25. The molecule has 3 rings (SSSR count). The van der Waals surface area contributed by atoms with Crippen LogP contribution in [0, 0.1) is 0 Å². The number of ether oxygens (including phenoxy) is 1. The first-order chi connectivity index (χ1) is 13.8. The SMILES string of the molecule is COc1ccc(CNc2ncnc(Nc3ncc(C(F)(F)F)cc3Cl)c2N)cc1. The standard InChI is InChI=1S/C18H16ClF3N6O/c1-29-12-4-2-10(3-5-12)7-24-16-14(23)17(27-9-26-16)28-15-13(19)6-11(8-25-15)18(20,21)22/h2-6,8-9H,7,23H2,1H3,(H2,24,25,26,27,28). The molecule has 4 N–H and O–H groups in total. The number of rotatable bonds is 6. The van der Waals surface area contributed by atoms with E-state index in [-0.39, 0.29) is 22.3 Å². The van der Waals surface area contributed by atoms with Gasteiger partial charge in [-0.2, -0.15) is 13.2 Å². The van der Waals surface area contributed by atoms with Gasteiger partial charge in [0.05, 0.1) is 17.7 Å². The number of methoxy groups -OCH3 is 1. The maximum absolute atomic E-state index is 12.7. The van der Waals surface area contributed by atoms with Crippen molar-refractivity contribution in [2.75, 3.05) is 23.5 Å². The van der Waals surface area contributed by atoms with E-state index in [0.717, 1.165) is 17.4 Å². The van der Waals surface area contributed by atoms with Gasteiger partial charge >= 0.3 is 6.18 Å². The van der Waals surface area contributed by atoms with Crippen molar-refractivity contribution < 1.29 is 17.9 Å². The summed E-state index contributed by atoms with van der Waals surface area (Å²) in [4.78, 5) is 11.8. The van der Waals surface area contributed by atoms with Crippen molar-refractivity contribution in [3.63, 3.8) is 0 Å². The van der Waals surface area contributed by atoms with Gasteiger partial charge in [0.15, 0.2) is 11.6 Å². The second-order valence-electron chi connectivity index (χ2n) is 5.86. The molecule has 0 spiro atoms. The summed E-state index contributed by atoms with van der Waals surface area (Å²) in [5.74, 6) is 1.24. The van der Waals surface area contributed by atoms with Gasteiger partial charge in [-0.15, -0.1) is 0 Å². The van der Waals surface area contributed by atoms with Crippen molar-refractivity contribution >= 4 is 34.7 Å². The average Bonchev–Trinajstić information content (AvgIpc) is 2.69. The predicted molar refractivity (Wildman–Crippen MR) is 104 cm³/mol. The lowest BCUT2D eigenvalue weighted by Gasteiger charge is -2.14. The summed E-state index contributed by atoms with van der Waals surface area (Å²) in [6.45, 7) is 0.434. The normalized spacial score (nSPS) is 11.2. The van der Waals surface area contributed by atoms with Crippen molar-refractivity contribution in [1.29, 1.82) is 0 Å². The molecule has 3 aromatic rings. The predicted octanol–water partition coefficient (Wildman–Crippen LogP) is 4.49. The van der Waals surface area contributed by atoms with Crippen LogP contribution in [0.2, 0.25) is 5.02 Å². The van der Waals surface area contributed by atoms with E-state index in [1.54, 1.807) is 7.11 Å². The Labute approximate surface area is 169 Å². The van der Waals surface area contributed by atoms with Crippen molar-refractivity contribution in [3.05, 3.63) is 59.0 Å². The third-order valence-corrected chi connectivity index (χ3v) is 4.20. The third-order valence-electron chi connectivity index (χ3n) is 3.91. The Morgan fingerprint density at radius 1 is 1.07 bits per heavy atom. The summed E-state index contributed by atoms with van der Waals surface area (Å²) in [7, 11) is 1.58. The fourth-order valence-electron chi connectivity index (χ4n) is 2.36. The minimum absolute atomic E-state index is 0.00817. The monoisotopic (exact) mass is 424 g/mol. The van der Waals surface area contributed by atoms with Gasteiger partial charge in [-0.25, -0.2) is 15.0 Å². The van der Waals surface area contributed by atoms with Gasteiger partial charge in [-0.3, -0.25) is 0 Å². The van der Waals surface area contributed by atoms with E-state index < -0.39 is 11.7 Å². The molecule has 2 heterocycles. The Morgan fingerprint density at radius 3 is 2.38 bits per heavy atom. The van der Waals surface area contributed by atoms with Crippen LogP contribution in [0.5, 0.6) is 5.75 Å². The Hall–Kier alpha value is -3.27. The molecule has 0 aliphatic rings. The minimum atomic E-state index is -4.54. The zero-order valence-corrected chi connectivity index (χ0v) is 15.8. The zero-order chi connectivity index (χ0) is 21.0. The average molecular weight is 425 g/mol. The first-order valence-corrected chi connectivity index (χ1v) is 8.62. The number of nitrogen functional groups attached to an aromatic ring is 1. The Balaban J connectivity index is 1.74. The van der Waals surface area contributed by atoms with Crippen LogP contribution in [0.15, 0.2) is 42.9 Å². The summed E-state index contributed by atoms with van der Waals surface area (Å²) >= 11 is 5.91. The fraction of sp³-hybridized carbons (Fsp3) is 0.167. The van der Waals surface area contributed by atoms with Crippen LogP contribution in [-0.4, -0.2) is 22.1 Å². The molecule has 0 aliphatic heterocycles. The molecule has 0 saturated heterocycles. The van der Waals surface area contributed by atoms with Crippen LogP contribution in [-0.2, 0) is 12.7 Å². The lowest BCUT2D eigenvalue weighted by atomic mass is 10.2. The molecule has 7 nitrogen and oxygen atoms in total. The van der Waals surface area contributed by atoms with E-state index in [9.17, 15) is 13.2 Å². The summed E-state index contributed by atoms with van der Waals surface area (Å²) in [6, 6.07) is 8.19. The highest BCUT2D eigenvalue weighted by molar-refractivity contribution is 6.33. The quantitative estimate of drug-likeness (QED) is 0.536. The fourth-order valence-corrected chi connectivity index (χ4v) is 2.58. The second-order valence-corrected chi connectivity index (χ2v) is 6.27. The van der Waals surface area contributed by atoms with Crippen LogP contribution in [0.4, 0.5) is 36.3 Å². The van der Waals surface area contributed by atoms with E-state index in [4.69, 9.17) is 22.1 Å². The number of hydrogen-bond donors (Lipinski definition) is 3. The van der Waals surface area contributed by atoms with Crippen molar-refractivity contribution in [3.8, 4) is 5.75 Å². The lowest BCUT2D eigenvalue weighted by Crippen LogP contribution is -2.09. The molecule has 1 aromatic carbocycles. The third kappa shape index (κ3) is 4.96. The number of nitrogens with zero attached hydrogens (tertiary/aromatic N) is 3. The molecular weight excluding hydrogens is 409 g/mol. The maximum atomic E-state index is 12.7. The highest BCUT2D eigenvalue weighted by Crippen LogP contribution is 2.34. The number of hydrogen-bond acceptors (Lipinski definition) is 7. The topological polar surface area (TPSA) is 98.0 Å². The Kier molecular flexibility index (Phi) is 5.92. The van der Waals surface area contributed by atoms with Crippen molar-refractivity contribution in [2.24, 2.45) is 0 Å². The molecule has 29 heavy (non-hydrogen) atoms. The Bertz CT molecular complexity index is 998. The van der Waals surface area contributed by atoms with Gasteiger partial charge in [-0.05, 0) is 23.8 Å². The molecule has 0 aliphatic carbocycles. The van der Waals surface area contributed by atoms with Crippen molar-refractivity contribution in [1.82, 2.24) is 15.0 Å². The molecule has 2 aromatic heterocycles. The number of pyridine rings is 1. The second kappa shape index (κ2) is 8.39. The van der Waals surface area contributed by atoms with Crippen LogP contribution in [0.25, 0.3) is 0 Å². The van der Waals surface area contributed by atoms with Crippen LogP contribution < -0.4 is 21.1 Å². The van der Waals surface area contributed by atoms with Gasteiger partial charge in [-0.1, -0.05) is 23.7 Å². The van der Waals surface area contributed by atoms with E-state index in [1.165, 1.54) is 6.33 Å². The van der Waals surface area contributed by atoms with E-state index >= 15 is 0 Å². The number of benzene rings is 1. The van der Waals surface area contributed by atoms with E-state index in [1.807, 2.05) is 24.3 Å². The van der Waals surface area contributed by atoms with Gasteiger partial charge < -0.3 is 21.1 Å². The smallest absolute Gasteiger partial charge is 0.417 e. The number of nitrogens with one attached hydrogen (secondary N) is 2. The summed E-state index contributed by atoms with van der Waals surface area (Å²) < 4.78 is 43.3. The molecule has 0 saturated carbocycles. The first kappa shape index (κ1) is 20.5. The van der Waals surface area contributed by atoms with E-state index in [0.29, 0.717) is 18.6 Å². The number of anilines is 4. The van der Waals surface area contributed by atoms with Gasteiger partial charge in [0.25, 0.3) is 0 Å². The Morgan fingerprint density at radius 2 is 1.76 bits per heavy atom. The maximum Gasteiger partial charge on any atom is 0.417 e.